The van der Waals surface area contributed by atoms with Gasteiger partial charge in [0.15, 0.2) is 5.16 Å². The van der Waals surface area contributed by atoms with Crippen molar-refractivity contribution in [3.8, 4) is 11.4 Å². The molecule has 3 aromatic heterocycles. The third kappa shape index (κ3) is 4.15. The van der Waals surface area contributed by atoms with Crippen LogP contribution in [0.2, 0.25) is 0 Å². The number of fused-ring (bicyclic) bond motifs is 1. The van der Waals surface area contributed by atoms with E-state index in [1.165, 1.54) is 34.0 Å². The van der Waals surface area contributed by atoms with Gasteiger partial charge in [-0.1, -0.05) is 11.8 Å². The standard InChI is InChI=1S/C18H16N6O3S2/c1-2-27-12-5-3-11(4-6-12)24-16(26)15-13(7-8-28-15)21-18(24)29-9-14(25)22-17-19-10-20-23-17/h3-8,10H,2,9H2,1H3,(H2,19,20,22,23,25). The number of anilines is 1. The van der Waals surface area contributed by atoms with Gasteiger partial charge in [-0.2, -0.15) is 10.1 Å². The summed E-state index contributed by atoms with van der Waals surface area (Å²) in [5.41, 5.74) is 1.09. The van der Waals surface area contributed by atoms with Crippen LogP contribution in [0, 0.1) is 0 Å². The first-order valence-electron chi connectivity index (χ1n) is 8.67. The Balaban J connectivity index is 1.65. The van der Waals surface area contributed by atoms with Crippen molar-refractivity contribution < 1.29 is 9.53 Å². The molecule has 0 spiro atoms. The minimum atomic E-state index is -0.287. The summed E-state index contributed by atoms with van der Waals surface area (Å²) in [6, 6.07) is 8.99. The van der Waals surface area contributed by atoms with Gasteiger partial charge in [0.05, 0.1) is 23.6 Å². The molecule has 4 aromatic rings. The number of hydrogen-bond acceptors (Lipinski definition) is 8. The highest BCUT2D eigenvalue weighted by atomic mass is 32.2. The Kier molecular flexibility index (Phi) is 5.58. The summed E-state index contributed by atoms with van der Waals surface area (Å²) in [5, 5.41) is 11.1. The molecule has 11 heteroatoms. The van der Waals surface area contributed by atoms with Crippen LogP contribution < -0.4 is 15.6 Å². The fraction of sp³-hybridized carbons (Fsp3) is 0.167. The highest BCUT2D eigenvalue weighted by Crippen LogP contribution is 2.24. The SMILES string of the molecule is CCOc1ccc(-n2c(SCC(=O)Nc3ncn[nH]3)nc3ccsc3c2=O)cc1. The van der Waals surface area contributed by atoms with E-state index in [2.05, 4.69) is 25.5 Å². The van der Waals surface area contributed by atoms with Crippen LogP contribution in [-0.2, 0) is 4.79 Å². The topological polar surface area (TPSA) is 115 Å². The minimum absolute atomic E-state index is 0.0554. The maximum Gasteiger partial charge on any atom is 0.276 e. The maximum absolute atomic E-state index is 13.1. The van der Waals surface area contributed by atoms with E-state index in [1.807, 2.05) is 12.3 Å². The lowest BCUT2D eigenvalue weighted by Gasteiger charge is -2.12. The first-order valence-corrected chi connectivity index (χ1v) is 10.5. The Morgan fingerprint density at radius 2 is 2.14 bits per heavy atom. The Labute approximate surface area is 173 Å². The van der Waals surface area contributed by atoms with Crippen molar-refractivity contribution in [3.05, 3.63) is 52.4 Å². The number of aromatic amines is 1. The van der Waals surface area contributed by atoms with Crippen LogP contribution in [-0.4, -0.2) is 43.0 Å². The van der Waals surface area contributed by atoms with Gasteiger partial charge in [-0.25, -0.2) is 10.1 Å². The van der Waals surface area contributed by atoms with Crippen molar-refractivity contribution in [1.29, 1.82) is 0 Å². The molecule has 1 amide bonds. The lowest BCUT2D eigenvalue weighted by atomic mass is 10.3. The summed E-state index contributed by atoms with van der Waals surface area (Å²) in [4.78, 5) is 33.7. The predicted molar refractivity (Wildman–Crippen MR) is 112 cm³/mol. The molecule has 2 N–H and O–H groups in total. The van der Waals surface area contributed by atoms with Crippen molar-refractivity contribution >= 4 is 45.2 Å². The van der Waals surface area contributed by atoms with Gasteiger partial charge in [0.2, 0.25) is 11.9 Å². The molecule has 29 heavy (non-hydrogen) atoms. The molecule has 0 aliphatic carbocycles. The Hall–Kier alpha value is -3.18. The maximum atomic E-state index is 13.1. The van der Waals surface area contributed by atoms with E-state index in [-0.39, 0.29) is 23.2 Å². The molecule has 9 nitrogen and oxygen atoms in total. The summed E-state index contributed by atoms with van der Waals surface area (Å²) in [5.74, 6) is 0.750. The largest absolute Gasteiger partial charge is 0.494 e. The highest BCUT2D eigenvalue weighted by molar-refractivity contribution is 7.99. The monoisotopic (exact) mass is 428 g/mol. The fourth-order valence-electron chi connectivity index (χ4n) is 2.64. The first kappa shape index (κ1) is 19.2. The van der Waals surface area contributed by atoms with Crippen LogP contribution in [0.3, 0.4) is 0 Å². The van der Waals surface area contributed by atoms with Crippen LogP contribution in [0.5, 0.6) is 5.75 Å². The Morgan fingerprint density at radius 3 is 2.86 bits per heavy atom. The molecular weight excluding hydrogens is 412 g/mol. The lowest BCUT2D eigenvalue weighted by molar-refractivity contribution is -0.113. The predicted octanol–water partition coefficient (Wildman–Crippen LogP) is 2.69. The van der Waals surface area contributed by atoms with E-state index >= 15 is 0 Å². The zero-order chi connectivity index (χ0) is 20.2. The number of rotatable bonds is 7. The number of thioether (sulfide) groups is 1. The second-order valence-corrected chi connectivity index (χ2v) is 7.63. The number of H-pyrrole nitrogens is 1. The minimum Gasteiger partial charge on any atom is -0.494 e. The molecule has 0 saturated heterocycles. The van der Waals surface area contributed by atoms with Crippen LogP contribution in [0.1, 0.15) is 6.92 Å². The molecule has 0 saturated carbocycles. The van der Waals surface area contributed by atoms with E-state index in [0.29, 0.717) is 27.7 Å². The number of benzene rings is 1. The van der Waals surface area contributed by atoms with Crippen LogP contribution in [0.4, 0.5) is 5.95 Å². The molecule has 148 valence electrons. The van der Waals surface area contributed by atoms with E-state index in [1.54, 1.807) is 30.3 Å². The van der Waals surface area contributed by atoms with Crippen molar-refractivity contribution in [2.75, 3.05) is 17.7 Å². The molecule has 0 fully saturated rings. The molecule has 3 heterocycles. The second kappa shape index (κ2) is 8.45. The molecule has 4 rings (SSSR count). The molecule has 0 aliphatic heterocycles. The molecule has 1 aromatic carbocycles. The zero-order valence-electron chi connectivity index (χ0n) is 15.3. The van der Waals surface area contributed by atoms with Gasteiger partial charge in [-0.3, -0.25) is 19.5 Å². The first-order chi connectivity index (χ1) is 14.2. The van der Waals surface area contributed by atoms with Gasteiger partial charge in [-0.05, 0) is 42.6 Å². The summed E-state index contributed by atoms with van der Waals surface area (Å²) >= 11 is 2.51. The number of hydrogen-bond donors (Lipinski definition) is 2. The van der Waals surface area contributed by atoms with Gasteiger partial charge >= 0.3 is 0 Å². The van der Waals surface area contributed by atoms with Gasteiger partial charge in [0.25, 0.3) is 5.56 Å². The molecular formula is C18H16N6O3S2. The van der Waals surface area contributed by atoms with Crippen molar-refractivity contribution in [2.24, 2.45) is 0 Å². The normalized spacial score (nSPS) is 10.9. The summed E-state index contributed by atoms with van der Waals surface area (Å²) in [6.45, 7) is 2.47. The van der Waals surface area contributed by atoms with E-state index < -0.39 is 0 Å². The average Bonchev–Trinajstić information content (AvgIpc) is 3.39. The van der Waals surface area contributed by atoms with Gasteiger partial charge in [0.1, 0.15) is 16.8 Å². The average molecular weight is 428 g/mol. The number of carbonyl (C=O) groups is 1. The van der Waals surface area contributed by atoms with Crippen LogP contribution in [0.15, 0.2) is 52.0 Å². The number of amides is 1. The van der Waals surface area contributed by atoms with Crippen molar-refractivity contribution in [1.82, 2.24) is 24.7 Å². The number of nitrogens with zero attached hydrogens (tertiary/aromatic N) is 4. The lowest BCUT2D eigenvalue weighted by Crippen LogP contribution is -2.22. The summed E-state index contributed by atoms with van der Waals surface area (Å²) in [7, 11) is 0. The van der Waals surface area contributed by atoms with E-state index in [9.17, 15) is 9.59 Å². The molecule has 0 unspecified atom stereocenters. The Morgan fingerprint density at radius 1 is 1.31 bits per heavy atom. The molecule has 0 atom stereocenters. The van der Waals surface area contributed by atoms with Gasteiger partial charge < -0.3 is 4.74 Å². The zero-order valence-corrected chi connectivity index (χ0v) is 16.9. The molecule has 0 bridgehead atoms. The van der Waals surface area contributed by atoms with Gasteiger partial charge in [-0.15, -0.1) is 11.3 Å². The van der Waals surface area contributed by atoms with Crippen molar-refractivity contribution in [3.63, 3.8) is 0 Å². The number of nitrogens with one attached hydrogen (secondary N) is 2. The number of carbonyl (C=O) groups excluding carboxylic acids is 1. The summed E-state index contributed by atoms with van der Waals surface area (Å²) in [6.07, 6.45) is 1.30. The number of aromatic nitrogens is 5. The number of thiophene rings is 1. The second-order valence-electron chi connectivity index (χ2n) is 5.77. The fourth-order valence-corrected chi connectivity index (χ4v) is 4.21. The smallest absolute Gasteiger partial charge is 0.276 e. The van der Waals surface area contributed by atoms with Crippen LogP contribution in [0.25, 0.3) is 15.9 Å². The molecule has 0 aliphatic rings. The van der Waals surface area contributed by atoms with Gasteiger partial charge in [0, 0.05) is 0 Å². The third-order valence-electron chi connectivity index (χ3n) is 3.86. The summed E-state index contributed by atoms with van der Waals surface area (Å²) < 4.78 is 7.55. The Bertz CT molecular complexity index is 1180. The quantitative estimate of drug-likeness (QED) is 0.343. The van der Waals surface area contributed by atoms with E-state index in [4.69, 9.17) is 4.74 Å². The van der Waals surface area contributed by atoms with Crippen LogP contribution >= 0.6 is 23.1 Å². The number of ether oxygens (including phenoxy) is 1. The third-order valence-corrected chi connectivity index (χ3v) is 5.69. The highest BCUT2D eigenvalue weighted by Gasteiger charge is 2.16. The van der Waals surface area contributed by atoms with E-state index in [0.717, 1.165) is 5.75 Å². The van der Waals surface area contributed by atoms with Crippen molar-refractivity contribution in [2.45, 2.75) is 12.1 Å². The molecule has 0 radical (unpaired) electrons.